The van der Waals surface area contributed by atoms with E-state index in [0.717, 1.165) is 44.4 Å². The molecule has 0 spiro atoms. The van der Waals surface area contributed by atoms with Crippen LogP contribution in [-0.2, 0) is 17.8 Å². The van der Waals surface area contributed by atoms with E-state index in [4.69, 9.17) is 4.74 Å². The van der Waals surface area contributed by atoms with E-state index in [1.54, 1.807) is 24.3 Å². The van der Waals surface area contributed by atoms with Crippen LogP contribution >= 0.6 is 0 Å². The molecule has 0 saturated carbocycles. The number of hydrogen-bond donors (Lipinski definition) is 2. The molecule has 1 aromatic heterocycles. The molecule has 6 heteroatoms. The van der Waals surface area contributed by atoms with Crippen molar-refractivity contribution in [3.8, 4) is 16.9 Å². The Labute approximate surface area is 246 Å². The molecule has 42 heavy (non-hydrogen) atoms. The highest BCUT2D eigenvalue weighted by molar-refractivity contribution is 5.99. The van der Waals surface area contributed by atoms with E-state index in [-0.39, 0.29) is 17.6 Å². The van der Waals surface area contributed by atoms with Crippen molar-refractivity contribution < 1.29 is 19.4 Å². The van der Waals surface area contributed by atoms with Gasteiger partial charge in [0.2, 0.25) is 0 Å². The number of benzene rings is 4. The van der Waals surface area contributed by atoms with Gasteiger partial charge in [-0.05, 0) is 98.8 Å². The second-order valence-corrected chi connectivity index (χ2v) is 11.6. The van der Waals surface area contributed by atoms with Crippen LogP contribution in [0.3, 0.4) is 0 Å². The fourth-order valence-electron chi connectivity index (χ4n) is 5.16. The highest BCUT2D eigenvalue weighted by atomic mass is 16.6. The molecule has 1 amide bonds. The highest BCUT2D eigenvalue weighted by Crippen LogP contribution is 2.29. The van der Waals surface area contributed by atoms with Gasteiger partial charge < -0.3 is 19.7 Å². The minimum absolute atomic E-state index is 0.160. The molecule has 6 nitrogen and oxygen atoms in total. The van der Waals surface area contributed by atoms with E-state index in [2.05, 4.69) is 35.9 Å². The average molecular weight is 561 g/mol. The smallest absolute Gasteiger partial charge is 0.339 e. The first-order valence-corrected chi connectivity index (χ1v) is 14.1. The van der Waals surface area contributed by atoms with Gasteiger partial charge in [-0.3, -0.25) is 4.79 Å². The van der Waals surface area contributed by atoms with E-state index >= 15 is 0 Å². The number of aryl methyl sites for hydroxylation is 1. The zero-order chi connectivity index (χ0) is 30.0. The summed E-state index contributed by atoms with van der Waals surface area (Å²) in [5, 5.41) is 13.7. The van der Waals surface area contributed by atoms with Gasteiger partial charge in [0.15, 0.2) is 0 Å². The van der Waals surface area contributed by atoms with Crippen LogP contribution in [-0.4, -0.2) is 27.2 Å². The molecule has 0 aliphatic carbocycles. The number of phenols is 1. The average Bonchev–Trinajstić information content (AvgIpc) is 3.19. The van der Waals surface area contributed by atoms with Gasteiger partial charge in [0.25, 0.3) is 5.91 Å². The first-order chi connectivity index (χ1) is 20.0. The van der Waals surface area contributed by atoms with Crippen LogP contribution in [0, 0.1) is 13.8 Å². The number of carbonyl (C=O) groups excluding carboxylic acids is 2. The number of rotatable bonds is 7. The van der Waals surface area contributed by atoms with E-state index in [1.165, 1.54) is 0 Å². The highest BCUT2D eigenvalue weighted by Gasteiger charge is 2.21. The Kier molecular flexibility index (Phi) is 7.90. The molecule has 5 aromatic rings. The lowest BCUT2D eigenvalue weighted by Crippen LogP contribution is -2.24. The SMILES string of the molecule is Cc1c(C)n(Cc2ccc(-c3ccccc3C(=O)OC(C)(C)C)cc2)c2ccc(C(=O)NCc3cccc(O)c3)cc12. The summed E-state index contributed by atoms with van der Waals surface area (Å²) in [5.74, 6) is -0.317. The fourth-order valence-corrected chi connectivity index (χ4v) is 5.16. The molecule has 4 aromatic carbocycles. The fraction of sp³-hybridized carbons (Fsp3) is 0.222. The summed E-state index contributed by atoms with van der Waals surface area (Å²) in [6.45, 7) is 10.8. The van der Waals surface area contributed by atoms with Gasteiger partial charge in [0.05, 0.1) is 5.56 Å². The van der Waals surface area contributed by atoms with Gasteiger partial charge in [-0.2, -0.15) is 0 Å². The third-order valence-electron chi connectivity index (χ3n) is 7.42. The third-order valence-corrected chi connectivity index (χ3v) is 7.42. The van der Waals surface area contributed by atoms with Crippen LogP contribution in [0.1, 0.15) is 63.9 Å². The zero-order valence-electron chi connectivity index (χ0n) is 24.7. The van der Waals surface area contributed by atoms with Crippen LogP contribution < -0.4 is 5.32 Å². The zero-order valence-corrected chi connectivity index (χ0v) is 24.7. The van der Waals surface area contributed by atoms with Gasteiger partial charge >= 0.3 is 5.97 Å². The van der Waals surface area contributed by atoms with Crippen molar-refractivity contribution in [3.63, 3.8) is 0 Å². The molecular formula is C36H36N2O4. The first-order valence-electron chi connectivity index (χ1n) is 14.1. The Morgan fingerprint density at radius 1 is 0.857 bits per heavy atom. The number of amides is 1. The summed E-state index contributed by atoms with van der Waals surface area (Å²) in [6, 6.07) is 28.5. The lowest BCUT2D eigenvalue weighted by Gasteiger charge is -2.20. The maximum absolute atomic E-state index is 12.9. The maximum Gasteiger partial charge on any atom is 0.339 e. The van der Waals surface area contributed by atoms with E-state index in [9.17, 15) is 14.7 Å². The summed E-state index contributed by atoms with van der Waals surface area (Å²) >= 11 is 0. The third kappa shape index (κ3) is 6.23. The van der Waals surface area contributed by atoms with Crippen LogP contribution in [0.15, 0.2) is 91.0 Å². The molecule has 0 radical (unpaired) electrons. The standard InChI is InChI=1S/C36H36N2O4/c1-23-24(2)38(33-18-17-28(20-32(23)33)34(40)37-21-26-9-8-10-29(39)19-26)22-25-13-15-27(16-14-25)30-11-6-7-12-31(30)35(41)42-36(3,4)5/h6-20,39H,21-22H2,1-5H3,(H,37,40). The minimum atomic E-state index is -0.568. The number of fused-ring (bicyclic) bond motifs is 1. The second kappa shape index (κ2) is 11.6. The molecule has 5 rings (SSSR count). The lowest BCUT2D eigenvalue weighted by molar-refractivity contribution is 0.00703. The molecule has 0 atom stereocenters. The Morgan fingerprint density at radius 3 is 2.31 bits per heavy atom. The number of esters is 1. The number of hydrogen-bond acceptors (Lipinski definition) is 4. The number of nitrogens with one attached hydrogen (secondary N) is 1. The molecular weight excluding hydrogens is 524 g/mol. The Morgan fingerprint density at radius 2 is 1.60 bits per heavy atom. The summed E-state index contributed by atoms with van der Waals surface area (Å²) in [6.07, 6.45) is 0. The van der Waals surface area contributed by atoms with Crippen LogP contribution in [0.5, 0.6) is 5.75 Å². The number of phenolic OH excluding ortho intramolecular Hbond substituents is 1. The molecule has 0 saturated heterocycles. The Hall–Kier alpha value is -4.84. The normalized spacial score (nSPS) is 11.5. The van der Waals surface area contributed by atoms with Gasteiger partial charge in [-0.1, -0.05) is 54.6 Å². The summed E-state index contributed by atoms with van der Waals surface area (Å²) in [4.78, 5) is 25.8. The summed E-state index contributed by atoms with van der Waals surface area (Å²) in [7, 11) is 0. The minimum Gasteiger partial charge on any atom is -0.508 e. The topological polar surface area (TPSA) is 80.6 Å². The van der Waals surface area contributed by atoms with Crippen molar-refractivity contribution >= 4 is 22.8 Å². The quantitative estimate of drug-likeness (QED) is 0.201. The number of carbonyl (C=O) groups is 2. The van der Waals surface area contributed by atoms with Crippen LogP contribution in [0.4, 0.5) is 0 Å². The monoisotopic (exact) mass is 560 g/mol. The summed E-state index contributed by atoms with van der Waals surface area (Å²) in [5.41, 5.74) is 7.66. The first kappa shape index (κ1) is 28.7. The Bertz CT molecular complexity index is 1780. The van der Waals surface area contributed by atoms with Crippen molar-refractivity contribution in [1.82, 2.24) is 9.88 Å². The molecule has 2 N–H and O–H groups in total. The van der Waals surface area contributed by atoms with E-state index in [0.29, 0.717) is 24.2 Å². The van der Waals surface area contributed by atoms with Gasteiger partial charge in [0, 0.05) is 35.2 Å². The van der Waals surface area contributed by atoms with Gasteiger partial charge in [0.1, 0.15) is 11.4 Å². The van der Waals surface area contributed by atoms with Gasteiger partial charge in [-0.25, -0.2) is 4.79 Å². The van der Waals surface area contributed by atoms with Crippen molar-refractivity contribution in [2.24, 2.45) is 0 Å². The van der Waals surface area contributed by atoms with Crippen molar-refractivity contribution in [2.45, 2.75) is 53.3 Å². The number of aromatic hydroxyl groups is 1. The lowest BCUT2D eigenvalue weighted by atomic mass is 9.98. The molecule has 0 bridgehead atoms. The molecule has 214 valence electrons. The predicted molar refractivity (Wildman–Crippen MR) is 167 cm³/mol. The van der Waals surface area contributed by atoms with Crippen molar-refractivity contribution in [3.05, 3.63) is 125 Å². The van der Waals surface area contributed by atoms with Crippen molar-refractivity contribution in [2.75, 3.05) is 0 Å². The second-order valence-electron chi connectivity index (χ2n) is 11.6. The molecule has 0 fully saturated rings. The van der Waals surface area contributed by atoms with E-state index in [1.807, 2.05) is 75.4 Å². The maximum atomic E-state index is 12.9. The Balaban J connectivity index is 1.35. The summed E-state index contributed by atoms with van der Waals surface area (Å²) < 4.78 is 7.90. The number of aromatic nitrogens is 1. The largest absolute Gasteiger partial charge is 0.508 e. The molecule has 0 aliphatic rings. The van der Waals surface area contributed by atoms with Gasteiger partial charge in [-0.15, -0.1) is 0 Å². The molecule has 0 aliphatic heterocycles. The molecule has 1 heterocycles. The molecule has 0 unspecified atom stereocenters. The van der Waals surface area contributed by atoms with Crippen LogP contribution in [0.2, 0.25) is 0 Å². The predicted octanol–water partition coefficient (Wildman–Crippen LogP) is 7.56. The van der Waals surface area contributed by atoms with E-state index < -0.39 is 5.60 Å². The number of nitrogens with zero attached hydrogens (tertiary/aromatic N) is 1. The van der Waals surface area contributed by atoms with Crippen LogP contribution in [0.25, 0.3) is 22.0 Å². The number of ether oxygens (including phenoxy) is 1. The van der Waals surface area contributed by atoms with Crippen molar-refractivity contribution in [1.29, 1.82) is 0 Å².